The molecular formula is C22H24ClF2N3O2. The van der Waals surface area contributed by atoms with Gasteiger partial charge in [-0.25, -0.2) is 13.6 Å². The minimum Gasteiger partial charge on any atom is -0.390 e. The van der Waals surface area contributed by atoms with Gasteiger partial charge in [-0.15, -0.1) is 0 Å². The van der Waals surface area contributed by atoms with E-state index in [-0.39, 0.29) is 30.8 Å². The Labute approximate surface area is 179 Å². The molecule has 1 aliphatic rings. The van der Waals surface area contributed by atoms with Gasteiger partial charge in [0.1, 0.15) is 11.6 Å². The molecule has 2 aromatic carbocycles. The highest BCUT2D eigenvalue weighted by molar-refractivity contribution is 6.30. The van der Waals surface area contributed by atoms with Crippen molar-refractivity contribution in [2.24, 2.45) is 5.16 Å². The van der Waals surface area contributed by atoms with Crippen molar-refractivity contribution in [1.29, 1.82) is 0 Å². The van der Waals surface area contributed by atoms with Crippen LogP contribution < -0.4 is 5.32 Å². The van der Waals surface area contributed by atoms with Gasteiger partial charge in [0.25, 0.3) is 0 Å². The molecule has 3 rings (SSSR count). The number of hydrogen-bond acceptors (Lipinski definition) is 3. The Morgan fingerprint density at radius 2 is 1.93 bits per heavy atom. The lowest BCUT2D eigenvalue weighted by molar-refractivity contribution is 0.0578. The molecule has 0 aliphatic carbocycles. The molecule has 0 saturated carbocycles. The lowest BCUT2D eigenvalue weighted by Gasteiger charge is -2.29. The standard InChI is InChI=1S/C22H24ClF2N3O2/c1-22(2,3)26-21(29)28(12-15-6-9-17(24)10-19(15)25)13-18-11-20(27-30-18)14-4-7-16(23)8-5-14/h4-10,18H,11-13H2,1-3H3,(H,26,29)/t18-/m0/s1. The van der Waals surface area contributed by atoms with Crippen molar-refractivity contribution in [1.82, 2.24) is 10.2 Å². The van der Waals surface area contributed by atoms with Gasteiger partial charge in [-0.2, -0.15) is 0 Å². The Kier molecular flexibility index (Phi) is 6.61. The number of carbonyl (C=O) groups is 1. The largest absolute Gasteiger partial charge is 0.390 e. The number of nitrogens with zero attached hydrogens (tertiary/aromatic N) is 2. The van der Waals surface area contributed by atoms with Crippen LogP contribution in [0.2, 0.25) is 5.02 Å². The van der Waals surface area contributed by atoms with Crippen LogP contribution in [0.5, 0.6) is 0 Å². The zero-order chi connectivity index (χ0) is 21.9. The third-order valence-electron chi connectivity index (χ3n) is 4.48. The summed E-state index contributed by atoms with van der Waals surface area (Å²) in [5, 5.41) is 7.63. The van der Waals surface area contributed by atoms with E-state index >= 15 is 0 Å². The number of hydrogen-bond donors (Lipinski definition) is 1. The molecule has 1 heterocycles. The summed E-state index contributed by atoms with van der Waals surface area (Å²) in [6.07, 6.45) is 0.109. The topological polar surface area (TPSA) is 53.9 Å². The fourth-order valence-corrected chi connectivity index (χ4v) is 3.19. The molecule has 0 aromatic heterocycles. The van der Waals surface area contributed by atoms with Crippen LogP contribution in [0.4, 0.5) is 13.6 Å². The first-order valence-electron chi connectivity index (χ1n) is 9.60. The minimum absolute atomic E-state index is 0.0236. The molecule has 0 bridgehead atoms. The lowest BCUT2D eigenvalue weighted by Crippen LogP contribution is -2.50. The highest BCUT2D eigenvalue weighted by atomic mass is 35.5. The van der Waals surface area contributed by atoms with Gasteiger partial charge in [-0.1, -0.05) is 35.0 Å². The Hall–Kier alpha value is -2.67. The summed E-state index contributed by atoms with van der Waals surface area (Å²) in [5.74, 6) is -1.36. The van der Waals surface area contributed by atoms with E-state index in [0.717, 1.165) is 17.3 Å². The fraction of sp³-hybridized carbons (Fsp3) is 0.364. The van der Waals surface area contributed by atoms with E-state index in [9.17, 15) is 13.6 Å². The van der Waals surface area contributed by atoms with Crippen molar-refractivity contribution in [2.75, 3.05) is 6.54 Å². The summed E-state index contributed by atoms with van der Waals surface area (Å²) >= 11 is 5.93. The van der Waals surface area contributed by atoms with Crippen molar-refractivity contribution >= 4 is 23.3 Å². The summed E-state index contributed by atoms with van der Waals surface area (Å²) in [5.41, 5.74) is 1.38. The summed E-state index contributed by atoms with van der Waals surface area (Å²) < 4.78 is 27.4. The fourth-order valence-electron chi connectivity index (χ4n) is 3.06. The van der Waals surface area contributed by atoms with Crippen LogP contribution in [-0.2, 0) is 11.4 Å². The number of amides is 2. The highest BCUT2D eigenvalue weighted by Crippen LogP contribution is 2.21. The van der Waals surface area contributed by atoms with Crippen LogP contribution in [0.15, 0.2) is 47.6 Å². The molecule has 30 heavy (non-hydrogen) atoms. The van der Waals surface area contributed by atoms with Gasteiger partial charge in [0.2, 0.25) is 0 Å². The maximum absolute atomic E-state index is 14.2. The van der Waals surface area contributed by atoms with E-state index in [4.69, 9.17) is 16.4 Å². The number of nitrogens with one attached hydrogen (secondary N) is 1. The van der Waals surface area contributed by atoms with Gasteiger partial charge < -0.3 is 15.1 Å². The van der Waals surface area contributed by atoms with Crippen molar-refractivity contribution in [3.05, 3.63) is 70.2 Å². The lowest BCUT2D eigenvalue weighted by atomic mass is 10.0. The molecular weight excluding hydrogens is 412 g/mol. The monoisotopic (exact) mass is 435 g/mol. The van der Waals surface area contributed by atoms with E-state index in [0.29, 0.717) is 11.4 Å². The first-order valence-corrected chi connectivity index (χ1v) is 9.98. The van der Waals surface area contributed by atoms with Crippen LogP contribution in [0.3, 0.4) is 0 Å². The maximum atomic E-state index is 14.2. The van der Waals surface area contributed by atoms with Gasteiger partial charge in [0, 0.05) is 28.6 Å². The number of halogens is 3. The molecule has 0 spiro atoms. The second-order valence-corrected chi connectivity index (χ2v) is 8.71. The van der Waals surface area contributed by atoms with Gasteiger partial charge in [-0.05, 0) is 44.5 Å². The quantitative estimate of drug-likeness (QED) is 0.708. The maximum Gasteiger partial charge on any atom is 0.318 e. The second-order valence-electron chi connectivity index (χ2n) is 8.27. The van der Waals surface area contributed by atoms with E-state index in [1.807, 2.05) is 32.9 Å². The predicted molar refractivity (Wildman–Crippen MR) is 113 cm³/mol. The van der Waals surface area contributed by atoms with Crippen LogP contribution in [-0.4, -0.2) is 34.8 Å². The molecule has 0 unspecified atom stereocenters. The molecule has 1 atom stereocenters. The number of carbonyl (C=O) groups excluding carboxylic acids is 1. The van der Waals surface area contributed by atoms with E-state index in [2.05, 4.69) is 10.5 Å². The normalized spacial score (nSPS) is 16.1. The number of oxime groups is 1. The molecule has 160 valence electrons. The molecule has 0 radical (unpaired) electrons. The van der Waals surface area contributed by atoms with Crippen LogP contribution >= 0.6 is 11.6 Å². The van der Waals surface area contributed by atoms with E-state index in [1.165, 1.54) is 17.0 Å². The average molecular weight is 436 g/mol. The third-order valence-corrected chi connectivity index (χ3v) is 4.73. The van der Waals surface area contributed by atoms with Crippen molar-refractivity contribution in [3.63, 3.8) is 0 Å². The Morgan fingerprint density at radius 1 is 1.23 bits per heavy atom. The first-order chi connectivity index (χ1) is 14.1. The predicted octanol–water partition coefficient (Wildman–Crippen LogP) is 5.12. The molecule has 0 saturated heterocycles. The summed E-state index contributed by atoms with van der Waals surface area (Å²) in [4.78, 5) is 19.8. The Balaban J connectivity index is 1.72. The highest BCUT2D eigenvalue weighted by Gasteiger charge is 2.29. The minimum atomic E-state index is -0.700. The molecule has 2 aromatic rings. The smallest absolute Gasteiger partial charge is 0.318 e. The zero-order valence-corrected chi connectivity index (χ0v) is 17.8. The molecule has 5 nitrogen and oxygen atoms in total. The molecule has 1 N–H and O–H groups in total. The van der Waals surface area contributed by atoms with Crippen molar-refractivity contribution < 1.29 is 18.4 Å². The Bertz CT molecular complexity index is 942. The summed E-state index contributed by atoms with van der Waals surface area (Å²) in [7, 11) is 0. The summed E-state index contributed by atoms with van der Waals surface area (Å²) in [6.45, 7) is 5.74. The van der Waals surface area contributed by atoms with Gasteiger partial charge in [-0.3, -0.25) is 0 Å². The summed E-state index contributed by atoms with van der Waals surface area (Å²) in [6, 6.07) is 10.2. The SMILES string of the molecule is CC(C)(C)NC(=O)N(Cc1ccc(F)cc1F)C[C@@H]1CC(c2ccc(Cl)cc2)=NO1. The van der Waals surface area contributed by atoms with Crippen LogP contribution in [0, 0.1) is 11.6 Å². The molecule has 0 fully saturated rings. The van der Waals surface area contributed by atoms with Gasteiger partial charge in [0.05, 0.1) is 18.8 Å². The Morgan fingerprint density at radius 3 is 2.57 bits per heavy atom. The average Bonchev–Trinajstić information content (AvgIpc) is 3.11. The van der Waals surface area contributed by atoms with Crippen LogP contribution in [0.25, 0.3) is 0 Å². The number of urea groups is 1. The van der Waals surface area contributed by atoms with E-state index < -0.39 is 17.2 Å². The van der Waals surface area contributed by atoms with E-state index in [1.54, 1.807) is 12.1 Å². The number of rotatable bonds is 5. The number of benzene rings is 2. The second kappa shape index (κ2) is 9.00. The van der Waals surface area contributed by atoms with Crippen molar-refractivity contribution in [3.8, 4) is 0 Å². The van der Waals surface area contributed by atoms with Crippen molar-refractivity contribution in [2.45, 2.75) is 45.4 Å². The third kappa shape index (κ3) is 5.92. The molecule has 2 amide bonds. The van der Waals surface area contributed by atoms with Crippen LogP contribution in [0.1, 0.15) is 38.3 Å². The molecule has 1 aliphatic heterocycles. The zero-order valence-electron chi connectivity index (χ0n) is 17.1. The molecule has 8 heteroatoms. The van der Waals surface area contributed by atoms with Gasteiger partial charge in [0.15, 0.2) is 6.10 Å². The first kappa shape index (κ1) is 22.0. The van der Waals surface area contributed by atoms with Gasteiger partial charge >= 0.3 is 6.03 Å².